The van der Waals surface area contributed by atoms with E-state index >= 15 is 0 Å². The van der Waals surface area contributed by atoms with Crippen LogP contribution < -0.4 is 16.0 Å². The van der Waals surface area contributed by atoms with Crippen LogP contribution in [0.25, 0.3) is 0 Å². The van der Waals surface area contributed by atoms with E-state index in [9.17, 15) is 0 Å². The molecule has 0 amide bonds. The van der Waals surface area contributed by atoms with Crippen molar-refractivity contribution in [2.75, 3.05) is 62.4 Å². The molecule has 2 rings (SSSR count). The lowest BCUT2D eigenvalue weighted by Crippen LogP contribution is -2.47. The monoisotopic (exact) mass is 451 g/mol. The second-order valence-corrected chi connectivity index (χ2v) is 9.05. The number of piperazine rings is 1. The third-order valence-corrected chi connectivity index (χ3v) is 6.64. The Hall–Kier alpha value is -1.35. The van der Waals surface area contributed by atoms with Crippen LogP contribution >= 0.6 is 24.0 Å². The van der Waals surface area contributed by atoms with Gasteiger partial charge in [-0.1, -0.05) is 38.5 Å². The molecule has 0 aliphatic carbocycles. The second kappa shape index (κ2) is 13.9. The predicted octanol–water partition coefficient (Wildman–Crippen LogP) is 4.03. The summed E-state index contributed by atoms with van der Waals surface area (Å²) in [6, 6.07) is 8.36. The third kappa shape index (κ3) is 8.79. The molecule has 0 aromatic heterocycles. The first-order valence-corrected chi connectivity index (χ1v) is 12.3. The van der Waals surface area contributed by atoms with Gasteiger partial charge in [0.1, 0.15) is 0 Å². The third-order valence-electron chi connectivity index (χ3n) is 5.42. The van der Waals surface area contributed by atoms with Crippen molar-refractivity contribution in [1.82, 2.24) is 4.90 Å². The Morgan fingerprint density at radius 2 is 1.93 bits per heavy atom. The zero-order valence-corrected chi connectivity index (χ0v) is 20.2. The van der Waals surface area contributed by atoms with E-state index < -0.39 is 0 Å². The number of hydrogen-bond acceptors (Lipinski definition) is 5. The number of methoxy groups -OCH3 is 1. The zero-order valence-electron chi connectivity index (χ0n) is 18.6. The number of amidine groups is 1. The highest BCUT2D eigenvalue weighted by molar-refractivity contribution is 8.13. The topological polar surface area (TPSA) is 66.1 Å². The molecule has 6 nitrogen and oxygen atoms in total. The smallest absolute Gasteiger partial charge is 0.199 e. The summed E-state index contributed by atoms with van der Waals surface area (Å²) in [5.41, 5.74) is 8.22. The Labute approximate surface area is 191 Å². The molecule has 1 unspecified atom stereocenters. The molecule has 3 N–H and O–H groups in total. The van der Waals surface area contributed by atoms with Crippen molar-refractivity contribution >= 4 is 45.6 Å². The van der Waals surface area contributed by atoms with E-state index in [0.29, 0.717) is 16.2 Å². The van der Waals surface area contributed by atoms with Crippen LogP contribution in [0, 0.1) is 5.92 Å². The summed E-state index contributed by atoms with van der Waals surface area (Å²) < 4.78 is 5.17. The van der Waals surface area contributed by atoms with Gasteiger partial charge in [-0.2, -0.15) is 4.99 Å². The van der Waals surface area contributed by atoms with Crippen molar-refractivity contribution in [1.29, 1.82) is 0 Å². The molecule has 1 fully saturated rings. The molecule has 0 radical (unpaired) electrons. The van der Waals surface area contributed by atoms with Crippen molar-refractivity contribution in [3.63, 3.8) is 0 Å². The van der Waals surface area contributed by atoms with Crippen LogP contribution in [0.1, 0.15) is 33.1 Å². The van der Waals surface area contributed by atoms with Crippen molar-refractivity contribution in [3.8, 4) is 0 Å². The van der Waals surface area contributed by atoms with Gasteiger partial charge in [0, 0.05) is 57.0 Å². The number of aliphatic imine (C=N–C) groups is 1. The predicted molar refractivity (Wildman–Crippen MR) is 136 cm³/mol. The molecule has 1 aliphatic rings. The number of nitrogens with two attached hydrogens (primary N) is 1. The van der Waals surface area contributed by atoms with E-state index in [0.717, 1.165) is 50.8 Å². The molecule has 8 heteroatoms. The van der Waals surface area contributed by atoms with Crippen molar-refractivity contribution in [3.05, 3.63) is 24.3 Å². The number of nitrogens with one attached hydrogen (secondary N) is 1. The van der Waals surface area contributed by atoms with Gasteiger partial charge in [0.05, 0.1) is 6.61 Å². The Morgan fingerprint density at radius 1 is 1.23 bits per heavy atom. The number of ether oxygens (including phenoxy) is 1. The van der Waals surface area contributed by atoms with Crippen LogP contribution in [0.4, 0.5) is 11.4 Å². The molecule has 1 atom stereocenters. The van der Waals surface area contributed by atoms with Crippen LogP contribution in [0.3, 0.4) is 0 Å². The van der Waals surface area contributed by atoms with E-state index in [4.69, 9.17) is 22.7 Å². The SMILES string of the molecule is CCCC(CC)CS/C(N)=N/C(=S)Nc1ccc(N2CCN(CCOC)CC2)cc1. The maximum absolute atomic E-state index is 6.06. The van der Waals surface area contributed by atoms with Gasteiger partial charge in [-0.3, -0.25) is 4.90 Å². The average molecular weight is 452 g/mol. The van der Waals surface area contributed by atoms with Gasteiger partial charge in [0.25, 0.3) is 0 Å². The Balaban J connectivity index is 1.79. The van der Waals surface area contributed by atoms with Gasteiger partial charge in [-0.15, -0.1) is 0 Å². The standard InChI is InChI=1S/C22H37N5OS2/c1-4-6-18(5-2)17-30-21(23)25-22(29)24-19-7-9-20(10-8-19)27-13-11-26(12-14-27)15-16-28-3/h7-10,18H,4-6,11-17H2,1-3H3,(H3,23,24,25,29). The van der Waals surface area contributed by atoms with Crippen LogP contribution in [-0.4, -0.2) is 67.4 Å². The number of thiocarbonyl (C=S) groups is 1. The Bertz CT molecular complexity index is 660. The minimum absolute atomic E-state index is 0.406. The molecule has 1 saturated heterocycles. The van der Waals surface area contributed by atoms with Crippen LogP contribution in [0.2, 0.25) is 0 Å². The summed E-state index contributed by atoms with van der Waals surface area (Å²) in [7, 11) is 1.76. The number of nitrogens with zero attached hydrogens (tertiary/aromatic N) is 3. The fourth-order valence-electron chi connectivity index (χ4n) is 3.51. The Morgan fingerprint density at radius 3 is 2.53 bits per heavy atom. The van der Waals surface area contributed by atoms with Crippen molar-refractivity contribution < 1.29 is 4.74 Å². The molecule has 0 spiro atoms. The summed E-state index contributed by atoms with van der Waals surface area (Å²) in [6.07, 6.45) is 3.61. The van der Waals surface area contributed by atoms with Crippen LogP contribution in [-0.2, 0) is 4.74 Å². The summed E-state index contributed by atoms with van der Waals surface area (Å²) >= 11 is 6.96. The van der Waals surface area contributed by atoms with E-state index in [1.807, 2.05) is 12.1 Å². The quantitative estimate of drug-likeness (QED) is 0.316. The van der Waals surface area contributed by atoms with Gasteiger partial charge >= 0.3 is 0 Å². The van der Waals surface area contributed by atoms with E-state index in [2.05, 4.69) is 46.1 Å². The Kier molecular flexibility index (Phi) is 11.5. The largest absolute Gasteiger partial charge is 0.383 e. The van der Waals surface area contributed by atoms with E-state index in [-0.39, 0.29) is 0 Å². The van der Waals surface area contributed by atoms with Crippen LogP contribution in [0.15, 0.2) is 29.3 Å². The summed E-state index contributed by atoms with van der Waals surface area (Å²) in [5.74, 6) is 1.68. The molecule has 1 aromatic carbocycles. The summed E-state index contributed by atoms with van der Waals surface area (Å²) in [5, 5.41) is 4.11. The maximum Gasteiger partial charge on any atom is 0.199 e. The summed E-state index contributed by atoms with van der Waals surface area (Å²) in [6.45, 7) is 10.4. The normalized spacial score (nSPS) is 16.5. The first-order valence-electron chi connectivity index (χ1n) is 10.9. The molecule has 168 valence electrons. The van der Waals surface area contributed by atoms with Gasteiger partial charge in [0.2, 0.25) is 0 Å². The molecule has 30 heavy (non-hydrogen) atoms. The number of anilines is 2. The fraction of sp³-hybridized carbons (Fsp3) is 0.636. The lowest BCUT2D eigenvalue weighted by molar-refractivity contribution is 0.144. The number of benzene rings is 1. The fourth-order valence-corrected chi connectivity index (χ4v) is 4.74. The second-order valence-electron chi connectivity index (χ2n) is 7.62. The van der Waals surface area contributed by atoms with Crippen molar-refractivity contribution in [2.45, 2.75) is 33.1 Å². The number of hydrogen-bond donors (Lipinski definition) is 2. The highest BCUT2D eigenvalue weighted by atomic mass is 32.2. The molecular formula is C22H37N5OS2. The first-order chi connectivity index (χ1) is 14.5. The molecule has 1 aliphatic heterocycles. The number of thioether (sulfide) groups is 1. The lowest BCUT2D eigenvalue weighted by Gasteiger charge is -2.36. The minimum atomic E-state index is 0.406. The van der Waals surface area contributed by atoms with Gasteiger partial charge in [-0.25, -0.2) is 0 Å². The first kappa shape index (κ1) is 24.9. The van der Waals surface area contributed by atoms with E-state index in [1.165, 1.54) is 24.9 Å². The van der Waals surface area contributed by atoms with Gasteiger partial charge < -0.3 is 20.7 Å². The van der Waals surface area contributed by atoms with Crippen LogP contribution in [0.5, 0.6) is 0 Å². The summed E-state index contributed by atoms with van der Waals surface area (Å²) in [4.78, 5) is 9.19. The minimum Gasteiger partial charge on any atom is -0.383 e. The molecule has 1 heterocycles. The van der Waals surface area contributed by atoms with Crippen molar-refractivity contribution in [2.24, 2.45) is 16.6 Å². The molecule has 0 saturated carbocycles. The van der Waals surface area contributed by atoms with Gasteiger partial charge in [-0.05, 0) is 48.8 Å². The molecule has 0 bridgehead atoms. The zero-order chi connectivity index (χ0) is 21.8. The molecule has 1 aromatic rings. The maximum atomic E-state index is 6.06. The molecular weight excluding hydrogens is 414 g/mol. The lowest BCUT2D eigenvalue weighted by atomic mass is 10.0. The van der Waals surface area contributed by atoms with E-state index in [1.54, 1.807) is 18.9 Å². The average Bonchev–Trinajstić information content (AvgIpc) is 2.76. The van der Waals surface area contributed by atoms with Gasteiger partial charge in [0.15, 0.2) is 10.3 Å². The highest BCUT2D eigenvalue weighted by Gasteiger charge is 2.16. The number of rotatable bonds is 10. The highest BCUT2D eigenvalue weighted by Crippen LogP contribution is 2.20.